The maximum Gasteiger partial charge on any atom is 0.136 e. The summed E-state index contributed by atoms with van der Waals surface area (Å²) in [4.78, 5) is 0. The van der Waals surface area contributed by atoms with Crippen molar-refractivity contribution in [1.82, 2.24) is 4.57 Å². The molecule has 0 N–H and O–H groups in total. The highest BCUT2D eigenvalue weighted by Gasteiger charge is 2.27. The first-order chi connectivity index (χ1) is 17.9. The second kappa shape index (κ2) is 6.44. The Bertz CT molecular complexity index is 2160. The fraction of sp³-hybridized carbons (Fsp3) is 0. The summed E-state index contributed by atoms with van der Waals surface area (Å²) in [5.74, 6) is 0. The van der Waals surface area contributed by atoms with Gasteiger partial charge < -0.3 is 8.98 Å². The van der Waals surface area contributed by atoms with E-state index in [2.05, 4.69) is 114 Å². The van der Waals surface area contributed by atoms with Gasteiger partial charge in [-0.2, -0.15) is 0 Å². The van der Waals surface area contributed by atoms with Crippen molar-refractivity contribution in [2.45, 2.75) is 0 Å². The monoisotopic (exact) mass is 457 g/mol. The molecule has 1 aliphatic rings. The molecule has 2 heterocycles. The number of benzene rings is 6. The van der Waals surface area contributed by atoms with Crippen LogP contribution in [0.4, 0.5) is 0 Å². The lowest BCUT2D eigenvalue weighted by Gasteiger charge is -2.13. The minimum absolute atomic E-state index is 0.940. The molecule has 0 bridgehead atoms. The Hall–Kier alpha value is -4.82. The summed E-state index contributed by atoms with van der Waals surface area (Å²) in [6, 6.07) is 41.5. The molecule has 2 nitrogen and oxygen atoms in total. The number of nitrogens with zero attached hydrogens (tertiary/aromatic N) is 1. The molecule has 166 valence electrons. The normalized spacial score (nSPS) is 12.4. The van der Waals surface area contributed by atoms with Gasteiger partial charge in [-0.3, -0.25) is 0 Å². The van der Waals surface area contributed by atoms with E-state index in [1.807, 2.05) is 6.07 Å². The summed E-state index contributed by atoms with van der Waals surface area (Å²) in [5.41, 5.74) is 10.7. The van der Waals surface area contributed by atoms with Crippen LogP contribution in [0.5, 0.6) is 0 Å². The third-order valence-electron chi connectivity index (χ3n) is 7.94. The van der Waals surface area contributed by atoms with E-state index in [-0.39, 0.29) is 0 Å². The highest BCUT2D eigenvalue weighted by molar-refractivity contribution is 6.26. The molecular formula is C34H19NO. The topological polar surface area (TPSA) is 18.1 Å². The second-order valence-electron chi connectivity index (χ2n) is 9.69. The van der Waals surface area contributed by atoms with Crippen LogP contribution in [0.15, 0.2) is 120 Å². The Morgan fingerprint density at radius 2 is 1.08 bits per heavy atom. The number of hydrogen-bond donors (Lipinski definition) is 0. The Kier molecular flexibility index (Phi) is 3.31. The average molecular weight is 458 g/mol. The van der Waals surface area contributed by atoms with Gasteiger partial charge in [-0.1, -0.05) is 78.9 Å². The molecule has 0 saturated carbocycles. The van der Waals surface area contributed by atoms with Crippen LogP contribution in [-0.2, 0) is 0 Å². The first kappa shape index (κ1) is 18.5. The highest BCUT2D eigenvalue weighted by atomic mass is 16.3. The zero-order chi connectivity index (χ0) is 23.4. The first-order valence-electron chi connectivity index (χ1n) is 12.4. The molecule has 8 aromatic rings. The Balaban J connectivity index is 1.44. The van der Waals surface area contributed by atoms with E-state index < -0.39 is 0 Å². The Labute approximate surface area is 206 Å². The molecule has 1 aliphatic carbocycles. The van der Waals surface area contributed by atoms with E-state index in [4.69, 9.17) is 4.42 Å². The fourth-order valence-corrected chi connectivity index (χ4v) is 6.52. The lowest BCUT2D eigenvalue weighted by atomic mass is 9.98. The Morgan fingerprint density at radius 3 is 1.89 bits per heavy atom. The summed E-state index contributed by atoms with van der Waals surface area (Å²) >= 11 is 0. The quantitative estimate of drug-likeness (QED) is 0.240. The lowest BCUT2D eigenvalue weighted by Crippen LogP contribution is -1.95. The molecule has 0 saturated heterocycles. The molecule has 9 rings (SSSR count). The van der Waals surface area contributed by atoms with Crippen LogP contribution < -0.4 is 0 Å². The van der Waals surface area contributed by atoms with Gasteiger partial charge in [0.1, 0.15) is 11.2 Å². The third kappa shape index (κ3) is 2.14. The predicted octanol–water partition coefficient (Wildman–Crippen LogP) is 9.48. The van der Waals surface area contributed by atoms with Crippen LogP contribution in [-0.4, -0.2) is 4.57 Å². The van der Waals surface area contributed by atoms with E-state index in [9.17, 15) is 0 Å². The molecule has 0 fully saturated rings. The molecule has 0 amide bonds. The van der Waals surface area contributed by atoms with Crippen LogP contribution in [0.3, 0.4) is 0 Å². The number of aromatic nitrogens is 1. The molecule has 6 aromatic carbocycles. The summed E-state index contributed by atoms with van der Waals surface area (Å²) in [5, 5.41) is 7.55. The molecule has 0 atom stereocenters. The smallest absolute Gasteiger partial charge is 0.136 e. The SMILES string of the molecule is c1ccc2c(c1)oc1ccc3c(c12)-c1cccc2c(-n4c5ccccc5c5ccccc54)ccc-3c12. The van der Waals surface area contributed by atoms with E-state index in [0.29, 0.717) is 0 Å². The van der Waals surface area contributed by atoms with Crippen molar-refractivity contribution >= 4 is 54.5 Å². The summed E-state index contributed by atoms with van der Waals surface area (Å²) in [7, 11) is 0. The van der Waals surface area contributed by atoms with Crippen molar-refractivity contribution in [3.8, 4) is 27.9 Å². The lowest BCUT2D eigenvalue weighted by molar-refractivity contribution is 0.669. The van der Waals surface area contributed by atoms with Gasteiger partial charge in [0.2, 0.25) is 0 Å². The number of rotatable bonds is 1. The number of fused-ring (bicyclic) bond motifs is 10. The summed E-state index contributed by atoms with van der Waals surface area (Å²) in [6.07, 6.45) is 0. The first-order valence-corrected chi connectivity index (χ1v) is 12.4. The number of para-hydroxylation sites is 3. The van der Waals surface area contributed by atoms with Crippen LogP contribution in [0.25, 0.3) is 82.5 Å². The van der Waals surface area contributed by atoms with Gasteiger partial charge in [-0.15, -0.1) is 0 Å². The van der Waals surface area contributed by atoms with Crippen LogP contribution in [0.1, 0.15) is 0 Å². The van der Waals surface area contributed by atoms with Gasteiger partial charge in [0.25, 0.3) is 0 Å². The zero-order valence-electron chi connectivity index (χ0n) is 19.3. The molecule has 2 aromatic heterocycles. The van der Waals surface area contributed by atoms with Gasteiger partial charge in [-0.05, 0) is 58.5 Å². The molecule has 0 spiro atoms. The van der Waals surface area contributed by atoms with Gasteiger partial charge in [0.05, 0.1) is 16.7 Å². The second-order valence-corrected chi connectivity index (χ2v) is 9.69. The molecular weight excluding hydrogens is 438 g/mol. The van der Waals surface area contributed by atoms with Gasteiger partial charge in [-0.25, -0.2) is 0 Å². The van der Waals surface area contributed by atoms with Gasteiger partial charge >= 0.3 is 0 Å². The van der Waals surface area contributed by atoms with Gasteiger partial charge in [0, 0.05) is 32.5 Å². The maximum atomic E-state index is 6.25. The molecule has 0 radical (unpaired) electrons. The summed E-state index contributed by atoms with van der Waals surface area (Å²) < 4.78 is 8.68. The van der Waals surface area contributed by atoms with Crippen molar-refractivity contribution in [2.75, 3.05) is 0 Å². The van der Waals surface area contributed by atoms with Gasteiger partial charge in [0.15, 0.2) is 0 Å². The number of furan rings is 1. The Morgan fingerprint density at radius 1 is 0.417 bits per heavy atom. The highest BCUT2D eigenvalue weighted by Crippen LogP contribution is 2.53. The number of hydrogen-bond acceptors (Lipinski definition) is 1. The average Bonchev–Trinajstić information content (AvgIpc) is 3.58. The van der Waals surface area contributed by atoms with E-state index in [0.717, 1.165) is 11.2 Å². The zero-order valence-corrected chi connectivity index (χ0v) is 19.3. The van der Waals surface area contributed by atoms with Crippen LogP contribution >= 0.6 is 0 Å². The van der Waals surface area contributed by atoms with Crippen LogP contribution in [0, 0.1) is 0 Å². The molecule has 2 heteroatoms. The largest absolute Gasteiger partial charge is 0.456 e. The van der Waals surface area contributed by atoms with Crippen molar-refractivity contribution < 1.29 is 4.42 Å². The van der Waals surface area contributed by atoms with Crippen molar-refractivity contribution in [1.29, 1.82) is 0 Å². The third-order valence-corrected chi connectivity index (χ3v) is 7.94. The fourth-order valence-electron chi connectivity index (χ4n) is 6.52. The predicted molar refractivity (Wildman–Crippen MR) is 150 cm³/mol. The van der Waals surface area contributed by atoms with E-state index >= 15 is 0 Å². The minimum atomic E-state index is 0.940. The molecule has 0 aliphatic heterocycles. The summed E-state index contributed by atoms with van der Waals surface area (Å²) in [6.45, 7) is 0. The van der Waals surface area contributed by atoms with Crippen molar-refractivity contribution in [3.63, 3.8) is 0 Å². The molecule has 0 unspecified atom stereocenters. The molecule has 36 heavy (non-hydrogen) atoms. The van der Waals surface area contributed by atoms with E-state index in [1.165, 1.54) is 71.3 Å². The standard InChI is InChI=1S/C34H19NO/c1-4-13-27-20(8-1)21-9-2-5-14-28(21)35(27)29-18-16-22-23-17-19-31-34(25-10-3-6-15-30(25)36-31)33(23)26-12-7-11-24(29)32(22)26/h1-19H. The van der Waals surface area contributed by atoms with Crippen molar-refractivity contribution in [3.05, 3.63) is 115 Å². The van der Waals surface area contributed by atoms with Crippen molar-refractivity contribution in [2.24, 2.45) is 0 Å². The van der Waals surface area contributed by atoms with E-state index in [1.54, 1.807) is 0 Å². The maximum absolute atomic E-state index is 6.25. The minimum Gasteiger partial charge on any atom is -0.456 e. The van der Waals surface area contributed by atoms with Crippen LogP contribution in [0.2, 0.25) is 0 Å².